The average molecular weight is 315 g/mol. The van der Waals surface area contributed by atoms with Gasteiger partial charge < -0.3 is 15.8 Å². The van der Waals surface area contributed by atoms with Crippen molar-refractivity contribution in [3.8, 4) is 5.75 Å². The van der Waals surface area contributed by atoms with Crippen molar-refractivity contribution in [1.82, 2.24) is 0 Å². The fourth-order valence-corrected chi connectivity index (χ4v) is 2.25. The van der Waals surface area contributed by atoms with Crippen LogP contribution in [0.15, 0.2) is 29.3 Å². The second kappa shape index (κ2) is 6.06. The van der Waals surface area contributed by atoms with Crippen LogP contribution >= 0.6 is 0 Å². The van der Waals surface area contributed by atoms with Gasteiger partial charge in [-0.3, -0.25) is 4.99 Å². The molecule has 122 valence electrons. The summed E-state index contributed by atoms with van der Waals surface area (Å²) in [6.07, 6.45) is -2.37. The second-order valence-electron chi connectivity index (χ2n) is 5.92. The van der Waals surface area contributed by atoms with E-state index in [0.717, 1.165) is 12.8 Å². The van der Waals surface area contributed by atoms with Crippen molar-refractivity contribution in [1.29, 1.82) is 0 Å². The third kappa shape index (κ3) is 4.54. The van der Waals surface area contributed by atoms with Gasteiger partial charge in [0.15, 0.2) is 5.96 Å². The van der Waals surface area contributed by atoms with E-state index in [1.165, 1.54) is 24.3 Å². The zero-order valence-electron chi connectivity index (χ0n) is 12.6. The van der Waals surface area contributed by atoms with Gasteiger partial charge in [0.05, 0.1) is 0 Å². The third-order valence-electron chi connectivity index (χ3n) is 4.04. The van der Waals surface area contributed by atoms with Crippen molar-refractivity contribution in [2.75, 3.05) is 11.9 Å². The van der Waals surface area contributed by atoms with Gasteiger partial charge in [0, 0.05) is 12.2 Å². The van der Waals surface area contributed by atoms with Crippen LogP contribution in [-0.2, 0) is 0 Å². The molecular weight excluding hydrogens is 295 g/mol. The van der Waals surface area contributed by atoms with Gasteiger partial charge in [-0.1, -0.05) is 13.8 Å². The first kappa shape index (κ1) is 16.5. The molecule has 0 saturated heterocycles. The van der Waals surface area contributed by atoms with Crippen LogP contribution in [0.1, 0.15) is 26.7 Å². The van der Waals surface area contributed by atoms with E-state index in [0.29, 0.717) is 18.2 Å². The Bertz CT molecular complexity index is 534. The maximum atomic E-state index is 12.1. The molecule has 0 unspecified atom stereocenters. The number of anilines is 1. The minimum absolute atomic E-state index is 0.261. The first-order valence-corrected chi connectivity index (χ1v) is 7.13. The van der Waals surface area contributed by atoms with E-state index in [1.54, 1.807) is 0 Å². The maximum Gasteiger partial charge on any atom is 0.573 e. The molecule has 1 saturated carbocycles. The number of aliphatic imine (C=N–C) groups is 1. The summed E-state index contributed by atoms with van der Waals surface area (Å²) in [5.74, 6) is 0.546. The van der Waals surface area contributed by atoms with Gasteiger partial charge in [-0.15, -0.1) is 13.2 Å². The van der Waals surface area contributed by atoms with E-state index in [2.05, 4.69) is 28.9 Å². The molecule has 7 heteroatoms. The van der Waals surface area contributed by atoms with Crippen LogP contribution in [-0.4, -0.2) is 18.9 Å². The summed E-state index contributed by atoms with van der Waals surface area (Å²) in [6.45, 7) is 5.01. The van der Waals surface area contributed by atoms with Crippen LogP contribution in [0.4, 0.5) is 18.9 Å². The molecule has 0 aromatic heterocycles. The van der Waals surface area contributed by atoms with Crippen molar-refractivity contribution >= 4 is 11.6 Å². The fraction of sp³-hybridized carbons (Fsp3) is 0.533. The van der Waals surface area contributed by atoms with Gasteiger partial charge in [0.25, 0.3) is 0 Å². The molecule has 0 bridgehead atoms. The van der Waals surface area contributed by atoms with E-state index in [1.807, 2.05) is 0 Å². The van der Waals surface area contributed by atoms with Crippen LogP contribution in [0.3, 0.4) is 0 Å². The fourth-order valence-electron chi connectivity index (χ4n) is 2.25. The number of alkyl halides is 3. The summed E-state index contributed by atoms with van der Waals surface area (Å²) in [7, 11) is 0. The molecule has 1 aliphatic carbocycles. The number of nitrogens with zero attached hydrogens (tertiary/aromatic N) is 1. The molecule has 4 nitrogen and oxygen atoms in total. The Hall–Kier alpha value is -1.92. The van der Waals surface area contributed by atoms with Gasteiger partial charge >= 0.3 is 6.36 Å². The summed E-state index contributed by atoms with van der Waals surface area (Å²) >= 11 is 0. The molecule has 1 fully saturated rings. The standard InChI is InChI=1S/C15H20F3N3O/c1-10(2)14(7-8-14)9-20-13(19)21-11-3-5-12(6-4-11)22-15(16,17)18/h3-6,10H,7-9H2,1-2H3,(H3,19,20,21). The SMILES string of the molecule is CC(C)C1(CN=C(N)Nc2ccc(OC(F)(F)F)cc2)CC1. The Kier molecular flexibility index (Phi) is 4.53. The summed E-state index contributed by atoms with van der Waals surface area (Å²) in [5.41, 5.74) is 6.63. The Morgan fingerprint density at radius 2 is 1.91 bits per heavy atom. The Balaban J connectivity index is 1.90. The lowest BCUT2D eigenvalue weighted by Gasteiger charge is -2.17. The minimum atomic E-state index is -4.69. The first-order chi connectivity index (χ1) is 10.2. The highest BCUT2D eigenvalue weighted by Gasteiger charge is 2.45. The van der Waals surface area contributed by atoms with Gasteiger partial charge in [-0.2, -0.15) is 0 Å². The molecule has 0 radical (unpaired) electrons. The Morgan fingerprint density at radius 3 is 2.36 bits per heavy atom. The van der Waals surface area contributed by atoms with E-state index in [9.17, 15) is 13.2 Å². The molecule has 22 heavy (non-hydrogen) atoms. The van der Waals surface area contributed by atoms with Crippen LogP contribution < -0.4 is 15.8 Å². The molecule has 0 heterocycles. The van der Waals surface area contributed by atoms with Crippen molar-refractivity contribution in [3.63, 3.8) is 0 Å². The lowest BCUT2D eigenvalue weighted by Crippen LogP contribution is -2.25. The second-order valence-corrected chi connectivity index (χ2v) is 5.92. The largest absolute Gasteiger partial charge is 0.573 e. The molecule has 0 aliphatic heterocycles. The van der Waals surface area contributed by atoms with Gasteiger partial charge in [0.1, 0.15) is 5.75 Å². The number of rotatable bonds is 5. The zero-order chi connectivity index (χ0) is 16.4. The van der Waals surface area contributed by atoms with Gasteiger partial charge in [0.2, 0.25) is 0 Å². The molecule has 1 aliphatic rings. The molecular formula is C15H20F3N3O. The maximum absolute atomic E-state index is 12.1. The third-order valence-corrected chi connectivity index (χ3v) is 4.04. The van der Waals surface area contributed by atoms with Crippen LogP contribution in [0.5, 0.6) is 5.75 Å². The van der Waals surface area contributed by atoms with Gasteiger partial charge in [-0.25, -0.2) is 0 Å². The highest BCUT2D eigenvalue weighted by Crippen LogP contribution is 2.51. The van der Waals surface area contributed by atoms with E-state index in [4.69, 9.17) is 5.73 Å². The number of hydrogen-bond donors (Lipinski definition) is 2. The number of hydrogen-bond acceptors (Lipinski definition) is 2. The Morgan fingerprint density at radius 1 is 1.32 bits per heavy atom. The monoisotopic (exact) mass is 315 g/mol. The number of benzene rings is 1. The molecule has 3 N–H and O–H groups in total. The summed E-state index contributed by atoms with van der Waals surface area (Å²) in [4.78, 5) is 4.33. The quantitative estimate of drug-likeness (QED) is 0.642. The number of nitrogens with one attached hydrogen (secondary N) is 1. The normalized spacial score (nSPS) is 17.5. The first-order valence-electron chi connectivity index (χ1n) is 7.13. The number of guanidine groups is 1. The minimum Gasteiger partial charge on any atom is -0.406 e. The number of ether oxygens (including phenoxy) is 1. The predicted octanol–water partition coefficient (Wildman–Crippen LogP) is 3.75. The van der Waals surface area contributed by atoms with Crippen molar-refractivity contribution < 1.29 is 17.9 Å². The van der Waals surface area contributed by atoms with Crippen molar-refractivity contribution in [2.45, 2.75) is 33.1 Å². The molecule has 1 aromatic carbocycles. The highest BCUT2D eigenvalue weighted by atomic mass is 19.4. The Labute approximate surface area is 127 Å². The van der Waals surface area contributed by atoms with Crippen LogP contribution in [0.25, 0.3) is 0 Å². The van der Waals surface area contributed by atoms with Gasteiger partial charge in [-0.05, 0) is 48.4 Å². The van der Waals surface area contributed by atoms with E-state index in [-0.39, 0.29) is 17.1 Å². The van der Waals surface area contributed by atoms with E-state index < -0.39 is 6.36 Å². The predicted molar refractivity (Wildman–Crippen MR) is 79.7 cm³/mol. The lowest BCUT2D eigenvalue weighted by molar-refractivity contribution is -0.274. The summed E-state index contributed by atoms with van der Waals surface area (Å²) in [5, 5.41) is 2.86. The zero-order valence-corrected chi connectivity index (χ0v) is 12.6. The lowest BCUT2D eigenvalue weighted by atomic mass is 9.93. The number of nitrogens with two attached hydrogens (primary N) is 1. The molecule has 0 spiro atoms. The summed E-state index contributed by atoms with van der Waals surface area (Å²) < 4.78 is 40.0. The average Bonchev–Trinajstić information content (AvgIpc) is 3.18. The molecule has 0 amide bonds. The van der Waals surface area contributed by atoms with Crippen LogP contribution in [0, 0.1) is 11.3 Å². The molecule has 1 aromatic rings. The highest BCUT2D eigenvalue weighted by molar-refractivity contribution is 5.92. The van der Waals surface area contributed by atoms with E-state index >= 15 is 0 Å². The molecule has 0 atom stereocenters. The number of halogens is 3. The van der Waals surface area contributed by atoms with Crippen LogP contribution in [0.2, 0.25) is 0 Å². The van der Waals surface area contributed by atoms with Crippen molar-refractivity contribution in [3.05, 3.63) is 24.3 Å². The summed E-state index contributed by atoms with van der Waals surface area (Å²) in [6, 6.07) is 5.36. The smallest absolute Gasteiger partial charge is 0.406 e. The molecule has 2 rings (SSSR count). The van der Waals surface area contributed by atoms with Crippen molar-refractivity contribution in [2.24, 2.45) is 22.1 Å². The topological polar surface area (TPSA) is 59.6 Å².